The van der Waals surface area contributed by atoms with E-state index in [9.17, 15) is 9.59 Å². The first-order valence-electron chi connectivity index (χ1n) is 6.88. The number of ether oxygens (including phenoxy) is 1. The highest BCUT2D eigenvalue weighted by Crippen LogP contribution is 2.13. The summed E-state index contributed by atoms with van der Waals surface area (Å²) in [4.78, 5) is 23.4. The van der Waals surface area contributed by atoms with Gasteiger partial charge in [-0.2, -0.15) is 0 Å². The maximum absolute atomic E-state index is 12.0. The maximum Gasteiger partial charge on any atom is 0.240 e. The van der Waals surface area contributed by atoms with Crippen LogP contribution in [0.1, 0.15) is 18.4 Å². The van der Waals surface area contributed by atoms with Crippen molar-refractivity contribution in [3.05, 3.63) is 35.9 Å². The minimum Gasteiger partial charge on any atom is -0.381 e. The van der Waals surface area contributed by atoms with Crippen LogP contribution in [0, 0.1) is 5.92 Å². The van der Waals surface area contributed by atoms with Crippen molar-refractivity contribution in [1.82, 2.24) is 5.32 Å². The molecule has 0 aliphatic carbocycles. The number of hydrogen-bond donors (Lipinski definition) is 2. The number of rotatable bonds is 6. The summed E-state index contributed by atoms with van der Waals surface area (Å²) >= 11 is 0. The molecule has 0 radical (unpaired) electrons. The van der Waals surface area contributed by atoms with Gasteiger partial charge in [-0.1, -0.05) is 30.3 Å². The van der Waals surface area contributed by atoms with Crippen LogP contribution in [0.3, 0.4) is 0 Å². The second kappa shape index (κ2) is 7.05. The number of amides is 2. The molecule has 2 atom stereocenters. The molecule has 5 heteroatoms. The second-order valence-corrected chi connectivity index (χ2v) is 5.05. The van der Waals surface area contributed by atoms with Crippen LogP contribution in [0.15, 0.2) is 30.3 Å². The Morgan fingerprint density at radius 2 is 2.10 bits per heavy atom. The lowest BCUT2D eigenvalue weighted by Gasteiger charge is -2.17. The van der Waals surface area contributed by atoms with Crippen LogP contribution in [0.25, 0.3) is 0 Å². The van der Waals surface area contributed by atoms with Gasteiger partial charge in [0.1, 0.15) is 6.04 Å². The summed E-state index contributed by atoms with van der Waals surface area (Å²) in [5.74, 6) is -0.791. The Bertz CT molecular complexity index is 455. The number of primary amides is 1. The molecule has 1 aromatic carbocycles. The summed E-state index contributed by atoms with van der Waals surface area (Å²) in [6.45, 7) is 1.03. The predicted molar refractivity (Wildman–Crippen MR) is 74.8 cm³/mol. The van der Waals surface area contributed by atoms with E-state index in [1.54, 1.807) is 0 Å². The van der Waals surface area contributed by atoms with Gasteiger partial charge in [-0.15, -0.1) is 0 Å². The Kier molecular flexibility index (Phi) is 5.12. The van der Waals surface area contributed by atoms with Gasteiger partial charge < -0.3 is 15.8 Å². The molecule has 0 aromatic heterocycles. The number of benzene rings is 1. The van der Waals surface area contributed by atoms with E-state index in [1.807, 2.05) is 30.3 Å². The van der Waals surface area contributed by atoms with Crippen molar-refractivity contribution in [2.45, 2.75) is 25.3 Å². The topological polar surface area (TPSA) is 81.4 Å². The largest absolute Gasteiger partial charge is 0.381 e. The Balaban J connectivity index is 1.87. The lowest BCUT2D eigenvalue weighted by Crippen LogP contribution is -2.47. The van der Waals surface area contributed by atoms with E-state index in [1.165, 1.54) is 0 Å². The molecule has 0 unspecified atom stereocenters. The molecule has 2 amide bonds. The molecule has 2 rings (SSSR count). The first-order chi connectivity index (χ1) is 9.66. The molecule has 0 bridgehead atoms. The fraction of sp³-hybridized carbons (Fsp3) is 0.467. The smallest absolute Gasteiger partial charge is 0.240 e. The normalized spacial score (nSPS) is 19.5. The molecule has 1 saturated heterocycles. The lowest BCUT2D eigenvalue weighted by molar-refractivity contribution is -0.130. The van der Waals surface area contributed by atoms with Crippen molar-refractivity contribution >= 4 is 11.8 Å². The fourth-order valence-corrected chi connectivity index (χ4v) is 2.27. The standard InChI is InChI=1S/C15H20N2O3/c16-14(18)13(7-6-11-4-2-1-3-5-11)17-15(19)12-8-9-20-10-12/h1-5,12-13H,6-10H2,(H2,16,18)(H,17,19)/t12-,13+/m0/s1. The van der Waals surface area contributed by atoms with Crippen molar-refractivity contribution in [1.29, 1.82) is 0 Å². The number of carbonyl (C=O) groups is 2. The highest BCUT2D eigenvalue weighted by atomic mass is 16.5. The van der Waals surface area contributed by atoms with E-state index in [-0.39, 0.29) is 11.8 Å². The highest BCUT2D eigenvalue weighted by Gasteiger charge is 2.27. The predicted octanol–water partition coefficient (Wildman–Crippen LogP) is 0.626. The quantitative estimate of drug-likeness (QED) is 0.799. The van der Waals surface area contributed by atoms with Crippen molar-refractivity contribution in [3.8, 4) is 0 Å². The Labute approximate surface area is 118 Å². The molecule has 0 spiro atoms. The average Bonchev–Trinajstić information content (AvgIpc) is 2.98. The summed E-state index contributed by atoms with van der Waals surface area (Å²) in [5.41, 5.74) is 6.49. The van der Waals surface area contributed by atoms with E-state index in [0.717, 1.165) is 5.56 Å². The minimum atomic E-state index is -0.622. The first kappa shape index (κ1) is 14.5. The Hall–Kier alpha value is -1.88. The average molecular weight is 276 g/mol. The molecule has 1 aliphatic rings. The van der Waals surface area contributed by atoms with E-state index in [4.69, 9.17) is 10.5 Å². The zero-order valence-electron chi connectivity index (χ0n) is 11.4. The first-order valence-corrected chi connectivity index (χ1v) is 6.88. The summed E-state index contributed by atoms with van der Waals surface area (Å²) < 4.78 is 5.17. The van der Waals surface area contributed by atoms with Crippen LogP contribution in [-0.4, -0.2) is 31.1 Å². The third-order valence-electron chi connectivity index (χ3n) is 3.52. The van der Waals surface area contributed by atoms with Gasteiger partial charge in [0.05, 0.1) is 12.5 Å². The van der Waals surface area contributed by atoms with Gasteiger partial charge in [0.15, 0.2) is 0 Å². The van der Waals surface area contributed by atoms with Crippen LogP contribution in [0.2, 0.25) is 0 Å². The van der Waals surface area contributed by atoms with E-state index < -0.39 is 11.9 Å². The summed E-state index contributed by atoms with van der Waals surface area (Å²) in [7, 11) is 0. The van der Waals surface area contributed by atoms with Gasteiger partial charge in [0, 0.05) is 6.61 Å². The van der Waals surface area contributed by atoms with Crippen molar-refractivity contribution in [3.63, 3.8) is 0 Å². The molecule has 20 heavy (non-hydrogen) atoms. The molecule has 0 saturated carbocycles. The van der Waals surface area contributed by atoms with Crippen molar-refractivity contribution in [2.75, 3.05) is 13.2 Å². The van der Waals surface area contributed by atoms with Gasteiger partial charge in [-0.05, 0) is 24.8 Å². The molecule has 1 heterocycles. The van der Waals surface area contributed by atoms with Crippen molar-refractivity contribution < 1.29 is 14.3 Å². The van der Waals surface area contributed by atoms with Crippen molar-refractivity contribution in [2.24, 2.45) is 11.7 Å². The highest BCUT2D eigenvalue weighted by molar-refractivity contribution is 5.87. The number of hydrogen-bond acceptors (Lipinski definition) is 3. The second-order valence-electron chi connectivity index (χ2n) is 5.05. The molecule has 1 aromatic rings. The van der Waals surface area contributed by atoms with E-state index in [0.29, 0.717) is 32.5 Å². The number of nitrogens with one attached hydrogen (secondary N) is 1. The summed E-state index contributed by atoms with van der Waals surface area (Å²) in [5, 5.41) is 2.74. The van der Waals surface area contributed by atoms with Crippen LogP contribution < -0.4 is 11.1 Å². The summed E-state index contributed by atoms with van der Waals surface area (Å²) in [6, 6.07) is 9.20. The Morgan fingerprint density at radius 1 is 1.35 bits per heavy atom. The Morgan fingerprint density at radius 3 is 2.70 bits per heavy atom. The van der Waals surface area contributed by atoms with Crippen LogP contribution in [0.4, 0.5) is 0 Å². The number of carbonyl (C=O) groups excluding carboxylic acids is 2. The van der Waals surface area contributed by atoms with Gasteiger partial charge in [-0.3, -0.25) is 9.59 Å². The third-order valence-corrected chi connectivity index (χ3v) is 3.52. The van der Waals surface area contributed by atoms with Gasteiger partial charge in [0.25, 0.3) is 0 Å². The number of aryl methyl sites for hydroxylation is 1. The van der Waals surface area contributed by atoms with Crippen LogP contribution in [-0.2, 0) is 20.7 Å². The van der Waals surface area contributed by atoms with Gasteiger partial charge in [0.2, 0.25) is 11.8 Å². The fourth-order valence-electron chi connectivity index (χ4n) is 2.27. The molecule has 108 valence electrons. The number of nitrogens with two attached hydrogens (primary N) is 1. The summed E-state index contributed by atoms with van der Waals surface area (Å²) in [6.07, 6.45) is 1.92. The van der Waals surface area contributed by atoms with Gasteiger partial charge in [-0.25, -0.2) is 0 Å². The lowest BCUT2D eigenvalue weighted by atomic mass is 10.0. The zero-order chi connectivity index (χ0) is 14.4. The molecule has 5 nitrogen and oxygen atoms in total. The van der Waals surface area contributed by atoms with Gasteiger partial charge >= 0.3 is 0 Å². The molecular formula is C15H20N2O3. The molecular weight excluding hydrogens is 256 g/mol. The van der Waals surface area contributed by atoms with E-state index in [2.05, 4.69) is 5.32 Å². The van der Waals surface area contributed by atoms with Crippen LogP contribution >= 0.6 is 0 Å². The molecule has 1 fully saturated rings. The van der Waals surface area contributed by atoms with Crippen LogP contribution in [0.5, 0.6) is 0 Å². The molecule has 3 N–H and O–H groups in total. The zero-order valence-corrected chi connectivity index (χ0v) is 11.4. The van der Waals surface area contributed by atoms with E-state index >= 15 is 0 Å². The minimum absolute atomic E-state index is 0.139. The maximum atomic E-state index is 12.0. The molecule has 1 aliphatic heterocycles. The SMILES string of the molecule is NC(=O)[C@@H](CCc1ccccc1)NC(=O)[C@H]1CCOC1. The monoisotopic (exact) mass is 276 g/mol. The third kappa shape index (κ3) is 4.06.